The molecule has 18 heavy (non-hydrogen) atoms. The van der Waals surface area contributed by atoms with E-state index in [4.69, 9.17) is 0 Å². The van der Waals surface area contributed by atoms with Crippen LogP contribution in [0.5, 0.6) is 0 Å². The van der Waals surface area contributed by atoms with Gasteiger partial charge in [-0.1, -0.05) is 24.6 Å². The van der Waals surface area contributed by atoms with Gasteiger partial charge in [0, 0.05) is 16.7 Å². The third-order valence-electron chi connectivity index (χ3n) is 2.80. The zero-order chi connectivity index (χ0) is 12.8. The minimum Gasteiger partial charge on any atom is -0.309 e. The highest BCUT2D eigenvalue weighted by molar-refractivity contribution is 7.99. The van der Waals surface area contributed by atoms with Crippen molar-refractivity contribution in [2.24, 2.45) is 0 Å². The summed E-state index contributed by atoms with van der Waals surface area (Å²) < 4.78 is 0. The molecule has 0 aliphatic heterocycles. The summed E-state index contributed by atoms with van der Waals surface area (Å²) in [5.41, 5.74) is 2.73. The van der Waals surface area contributed by atoms with Crippen molar-refractivity contribution >= 4 is 23.1 Å². The van der Waals surface area contributed by atoms with Gasteiger partial charge >= 0.3 is 0 Å². The Bertz CT molecular complexity index is 465. The average Bonchev–Trinajstić information content (AvgIpc) is 2.88. The summed E-state index contributed by atoms with van der Waals surface area (Å²) >= 11 is 3.69. The Morgan fingerprint density at radius 2 is 2.22 bits per heavy atom. The van der Waals surface area contributed by atoms with E-state index < -0.39 is 0 Å². The second kappa shape index (κ2) is 6.98. The van der Waals surface area contributed by atoms with E-state index in [-0.39, 0.29) is 0 Å². The molecule has 0 amide bonds. The Morgan fingerprint density at radius 1 is 1.33 bits per heavy atom. The molecule has 1 heterocycles. The molecule has 2 aromatic rings. The largest absolute Gasteiger partial charge is 0.309 e. The van der Waals surface area contributed by atoms with Gasteiger partial charge in [0.2, 0.25) is 0 Å². The van der Waals surface area contributed by atoms with E-state index in [0.717, 1.165) is 12.3 Å². The molecule has 0 spiro atoms. The van der Waals surface area contributed by atoms with E-state index in [0.29, 0.717) is 6.04 Å². The maximum atomic E-state index is 3.56. The number of thioether (sulfide) groups is 1. The van der Waals surface area contributed by atoms with E-state index in [9.17, 15) is 0 Å². The van der Waals surface area contributed by atoms with Gasteiger partial charge in [-0.2, -0.15) is 11.3 Å². The topological polar surface area (TPSA) is 12.0 Å². The van der Waals surface area contributed by atoms with Crippen LogP contribution in [-0.4, -0.2) is 12.3 Å². The van der Waals surface area contributed by atoms with Crippen molar-refractivity contribution in [1.82, 2.24) is 5.32 Å². The van der Waals surface area contributed by atoms with Crippen molar-refractivity contribution < 1.29 is 0 Å². The van der Waals surface area contributed by atoms with Gasteiger partial charge in [0.05, 0.1) is 0 Å². The van der Waals surface area contributed by atoms with Crippen LogP contribution in [0.4, 0.5) is 0 Å². The lowest BCUT2D eigenvalue weighted by Gasteiger charge is -2.16. The first-order valence-corrected chi connectivity index (χ1v) is 8.17. The van der Waals surface area contributed by atoms with Gasteiger partial charge in [0.25, 0.3) is 0 Å². The third-order valence-corrected chi connectivity index (χ3v) is 4.59. The van der Waals surface area contributed by atoms with Crippen LogP contribution in [0, 0.1) is 6.92 Å². The van der Waals surface area contributed by atoms with Crippen molar-refractivity contribution in [1.29, 1.82) is 0 Å². The summed E-state index contributed by atoms with van der Waals surface area (Å²) in [4.78, 5) is 1.35. The van der Waals surface area contributed by atoms with Gasteiger partial charge in [-0.3, -0.25) is 0 Å². The lowest BCUT2D eigenvalue weighted by atomic mass is 10.2. The smallest absolute Gasteiger partial charge is 0.0423 e. The van der Waals surface area contributed by atoms with Crippen LogP contribution in [0.15, 0.2) is 46.0 Å². The van der Waals surface area contributed by atoms with E-state index >= 15 is 0 Å². The summed E-state index contributed by atoms with van der Waals surface area (Å²) in [7, 11) is 0. The molecular formula is C15H19NS2. The van der Waals surface area contributed by atoms with Gasteiger partial charge in [-0.15, -0.1) is 11.8 Å². The van der Waals surface area contributed by atoms with Crippen LogP contribution >= 0.6 is 23.1 Å². The molecule has 2 rings (SSSR count). The molecule has 96 valence electrons. The lowest BCUT2D eigenvalue weighted by molar-refractivity contribution is 0.607. The summed E-state index contributed by atoms with van der Waals surface area (Å²) in [6.45, 7) is 5.32. The van der Waals surface area contributed by atoms with Gasteiger partial charge in [0.1, 0.15) is 0 Å². The number of thiophene rings is 1. The van der Waals surface area contributed by atoms with Crippen LogP contribution < -0.4 is 5.32 Å². The highest BCUT2D eigenvalue weighted by atomic mass is 32.2. The van der Waals surface area contributed by atoms with Gasteiger partial charge < -0.3 is 5.32 Å². The number of nitrogens with one attached hydrogen (secondary N) is 1. The minimum atomic E-state index is 0.451. The molecule has 1 N–H and O–H groups in total. The number of rotatable bonds is 6. The van der Waals surface area contributed by atoms with Crippen LogP contribution in [0.25, 0.3) is 0 Å². The first kappa shape index (κ1) is 13.7. The Labute approximate surface area is 118 Å². The predicted molar refractivity (Wildman–Crippen MR) is 82.6 cm³/mol. The summed E-state index contributed by atoms with van der Waals surface area (Å²) in [6, 6.07) is 11.4. The standard InChI is InChI=1S/C15H19NS2/c1-3-16-15(13-7-8-17-10-13)11-18-14-6-4-5-12(2)9-14/h4-10,15-16H,3,11H2,1-2H3. The average molecular weight is 277 g/mol. The van der Waals surface area contributed by atoms with Crippen molar-refractivity contribution in [3.63, 3.8) is 0 Å². The molecule has 1 atom stereocenters. The minimum absolute atomic E-state index is 0.451. The molecule has 1 unspecified atom stereocenters. The summed E-state index contributed by atoms with van der Waals surface area (Å²) in [5.74, 6) is 1.08. The molecule has 0 saturated carbocycles. The zero-order valence-corrected chi connectivity index (χ0v) is 12.5. The molecule has 1 aromatic heterocycles. The van der Waals surface area contributed by atoms with Crippen molar-refractivity contribution in [3.8, 4) is 0 Å². The lowest BCUT2D eigenvalue weighted by Crippen LogP contribution is -2.22. The fourth-order valence-electron chi connectivity index (χ4n) is 1.88. The highest BCUT2D eigenvalue weighted by Crippen LogP contribution is 2.26. The molecule has 0 aliphatic rings. The maximum Gasteiger partial charge on any atom is 0.0423 e. The first-order valence-electron chi connectivity index (χ1n) is 6.24. The van der Waals surface area contributed by atoms with E-state index in [1.807, 2.05) is 11.8 Å². The molecule has 0 aliphatic carbocycles. The zero-order valence-electron chi connectivity index (χ0n) is 10.8. The Hall–Kier alpha value is -0.770. The first-order chi connectivity index (χ1) is 8.79. The molecule has 0 saturated heterocycles. The Kier molecular flexibility index (Phi) is 5.29. The second-order valence-electron chi connectivity index (χ2n) is 4.29. The maximum absolute atomic E-state index is 3.56. The fourth-order valence-corrected chi connectivity index (χ4v) is 3.71. The monoisotopic (exact) mass is 277 g/mol. The molecule has 1 aromatic carbocycles. The van der Waals surface area contributed by atoms with E-state index in [1.165, 1.54) is 16.0 Å². The van der Waals surface area contributed by atoms with Gasteiger partial charge in [0.15, 0.2) is 0 Å². The third kappa shape index (κ3) is 3.87. The molecule has 0 bridgehead atoms. The van der Waals surface area contributed by atoms with Crippen molar-refractivity contribution in [3.05, 3.63) is 52.2 Å². The molecule has 0 fully saturated rings. The number of hydrogen-bond acceptors (Lipinski definition) is 3. The molecule has 3 heteroatoms. The fraction of sp³-hybridized carbons (Fsp3) is 0.333. The van der Waals surface area contributed by atoms with Crippen molar-refractivity contribution in [2.45, 2.75) is 24.8 Å². The summed E-state index contributed by atoms with van der Waals surface area (Å²) in [5, 5.41) is 7.95. The highest BCUT2D eigenvalue weighted by Gasteiger charge is 2.10. The van der Waals surface area contributed by atoms with Gasteiger partial charge in [-0.25, -0.2) is 0 Å². The van der Waals surface area contributed by atoms with Crippen LogP contribution in [0.1, 0.15) is 24.1 Å². The number of aryl methyl sites for hydroxylation is 1. The SMILES string of the molecule is CCNC(CSc1cccc(C)c1)c1ccsc1. The Balaban J connectivity index is 1.98. The van der Waals surface area contributed by atoms with Crippen LogP contribution in [0.2, 0.25) is 0 Å². The quantitative estimate of drug-likeness (QED) is 0.780. The normalized spacial score (nSPS) is 12.6. The van der Waals surface area contributed by atoms with Crippen LogP contribution in [0.3, 0.4) is 0 Å². The Morgan fingerprint density at radius 3 is 2.89 bits per heavy atom. The van der Waals surface area contributed by atoms with E-state index in [2.05, 4.69) is 60.3 Å². The molecular weight excluding hydrogens is 258 g/mol. The second-order valence-corrected chi connectivity index (χ2v) is 6.17. The van der Waals surface area contributed by atoms with Crippen molar-refractivity contribution in [2.75, 3.05) is 12.3 Å². The molecule has 0 radical (unpaired) electrons. The predicted octanol–water partition coefficient (Wildman–Crippen LogP) is 4.50. The number of benzene rings is 1. The van der Waals surface area contributed by atoms with Gasteiger partial charge in [-0.05, 0) is 48.0 Å². The molecule has 1 nitrogen and oxygen atoms in total. The summed E-state index contributed by atoms with van der Waals surface area (Å²) in [6.07, 6.45) is 0. The van der Waals surface area contributed by atoms with Crippen LogP contribution in [-0.2, 0) is 0 Å². The number of hydrogen-bond donors (Lipinski definition) is 1. The van der Waals surface area contributed by atoms with E-state index in [1.54, 1.807) is 11.3 Å².